The van der Waals surface area contributed by atoms with E-state index in [2.05, 4.69) is 15.3 Å². The second-order valence-corrected chi connectivity index (χ2v) is 4.17. The molecule has 0 aliphatic rings. The van der Waals surface area contributed by atoms with Crippen molar-refractivity contribution in [2.45, 2.75) is 19.9 Å². The Bertz CT molecular complexity index is 702. The lowest BCUT2D eigenvalue weighted by atomic mass is 10.3. The van der Waals surface area contributed by atoms with E-state index in [1.54, 1.807) is 24.4 Å². The Morgan fingerprint density at radius 1 is 1.32 bits per heavy atom. The highest BCUT2D eigenvalue weighted by Gasteiger charge is 2.07. The average molecular weight is 258 g/mol. The van der Waals surface area contributed by atoms with Crippen molar-refractivity contribution in [3.8, 4) is 0 Å². The van der Waals surface area contributed by atoms with E-state index in [1.165, 1.54) is 0 Å². The molecule has 6 nitrogen and oxygen atoms in total. The van der Waals surface area contributed by atoms with Crippen molar-refractivity contribution in [3.63, 3.8) is 0 Å². The number of nitrogen functional groups attached to an aromatic ring is 1. The van der Waals surface area contributed by atoms with Gasteiger partial charge in [0.2, 0.25) is 5.89 Å². The van der Waals surface area contributed by atoms with Crippen molar-refractivity contribution in [2.75, 3.05) is 11.1 Å². The van der Waals surface area contributed by atoms with Crippen LogP contribution in [0, 0.1) is 0 Å². The van der Waals surface area contributed by atoms with E-state index >= 15 is 0 Å². The van der Waals surface area contributed by atoms with Crippen LogP contribution in [0.4, 0.5) is 11.7 Å². The predicted molar refractivity (Wildman–Crippen MR) is 71.6 cm³/mol. The largest absolute Gasteiger partial charge is 0.444 e. The minimum atomic E-state index is 0.428. The maximum atomic E-state index is 5.69. The molecular weight excluding hydrogens is 244 g/mol. The summed E-state index contributed by atoms with van der Waals surface area (Å²) in [5.74, 6) is 1.47. The summed E-state index contributed by atoms with van der Waals surface area (Å²) >= 11 is 0. The molecule has 0 aliphatic carbocycles. The van der Waals surface area contributed by atoms with Gasteiger partial charge in [-0.2, -0.15) is 4.98 Å². The molecule has 0 amide bonds. The molecule has 98 valence electrons. The zero-order valence-corrected chi connectivity index (χ0v) is 10.5. The van der Waals surface area contributed by atoms with E-state index in [4.69, 9.17) is 14.6 Å². The third kappa shape index (κ3) is 2.37. The number of rotatable bonds is 4. The summed E-state index contributed by atoms with van der Waals surface area (Å²) < 4.78 is 11.0. The van der Waals surface area contributed by atoms with Gasteiger partial charge in [-0.25, -0.2) is 4.98 Å². The highest BCUT2D eigenvalue weighted by atomic mass is 16.4. The third-order valence-corrected chi connectivity index (χ3v) is 2.75. The number of nitrogens with zero attached hydrogens (tertiary/aromatic N) is 2. The number of oxazole rings is 2. The summed E-state index contributed by atoms with van der Waals surface area (Å²) in [5.41, 5.74) is 7.77. The fourth-order valence-electron chi connectivity index (χ4n) is 1.76. The molecule has 2 aromatic heterocycles. The van der Waals surface area contributed by atoms with Crippen molar-refractivity contribution in [1.82, 2.24) is 9.97 Å². The topological polar surface area (TPSA) is 90.1 Å². The van der Waals surface area contributed by atoms with E-state index in [1.807, 2.05) is 6.92 Å². The second-order valence-electron chi connectivity index (χ2n) is 4.17. The summed E-state index contributed by atoms with van der Waals surface area (Å²) in [6, 6.07) is 5.77. The molecule has 0 saturated heterocycles. The fourth-order valence-corrected chi connectivity index (χ4v) is 1.76. The molecule has 0 radical (unpaired) electrons. The summed E-state index contributed by atoms with van der Waals surface area (Å²) in [7, 11) is 0. The summed E-state index contributed by atoms with van der Waals surface area (Å²) in [6.45, 7) is 2.45. The first kappa shape index (κ1) is 11.6. The molecule has 0 bridgehead atoms. The molecule has 0 fully saturated rings. The maximum Gasteiger partial charge on any atom is 0.296 e. The SMILES string of the molecule is CCc1cnc(CNc2nc3cc(N)ccc3o2)o1. The van der Waals surface area contributed by atoms with Crippen LogP contribution in [0.25, 0.3) is 11.1 Å². The number of nitrogens with two attached hydrogens (primary N) is 1. The molecule has 2 heterocycles. The zero-order valence-electron chi connectivity index (χ0n) is 10.5. The first-order valence-electron chi connectivity index (χ1n) is 6.08. The number of hydrogen-bond donors (Lipinski definition) is 2. The van der Waals surface area contributed by atoms with Gasteiger partial charge >= 0.3 is 0 Å². The van der Waals surface area contributed by atoms with E-state index < -0.39 is 0 Å². The lowest BCUT2D eigenvalue weighted by Crippen LogP contribution is -1.99. The van der Waals surface area contributed by atoms with Gasteiger partial charge in [0.1, 0.15) is 11.3 Å². The zero-order chi connectivity index (χ0) is 13.2. The molecule has 0 aliphatic heterocycles. The van der Waals surface area contributed by atoms with Crippen molar-refractivity contribution in [2.24, 2.45) is 0 Å². The molecule has 3 N–H and O–H groups in total. The average Bonchev–Trinajstić information content (AvgIpc) is 3.01. The van der Waals surface area contributed by atoms with Gasteiger partial charge in [-0.15, -0.1) is 0 Å². The number of fused-ring (bicyclic) bond motifs is 1. The summed E-state index contributed by atoms with van der Waals surface area (Å²) in [6.07, 6.45) is 2.55. The smallest absolute Gasteiger partial charge is 0.296 e. The molecule has 0 atom stereocenters. The van der Waals surface area contributed by atoms with Crippen LogP contribution in [0.2, 0.25) is 0 Å². The third-order valence-electron chi connectivity index (χ3n) is 2.75. The summed E-state index contributed by atoms with van der Waals surface area (Å²) in [5, 5.41) is 3.03. The number of aryl methyl sites for hydroxylation is 1. The molecule has 19 heavy (non-hydrogen) atoms. The Morgan fingerprint density at radius 2 is 2.21 bits per heavy atom. The first-order chi connectivity index (χ1) is 9.24. The maximum absolute atomic E-state index is 5.69. The lowest BCUT2D eigenvalue weighted by molar-refractivity contribution is 0.463. The van der Waals surface area contributed by atoms with Gasteiger partial charge in [0.05, 0.1) is 12.7 Å². The van der Waals surface area contributed by atoms with Gasteiger partial charge in [0, 0.05) is 12.1 Å². The minimum absolute atomic E-state index is 0.428. The molecule has 0 unspecified atom stereocenters. The number of hydrogen-bond acceptors (Lipinski definition) is 6. The van der Waals surface area contributed by atoms with Crippen LogP contribution >= 0.6 is 0 Å². The Labute approximate surface area is 109 Å². The Hall–Kier alpha value is -2.50. The monoisotopic (exact) mass is 258 g/mol. The molecule has 3 rings (SSSR count). The van der Waals surface area contributed by atoms with Crippen molar-refractivity contribution < 1.29 is 8.83 Å². The van der Waals surface area contributed by atoms with Crippen molar-refractivity contribution in [3.05, 3.63) is 36.0 Å². The summed E-state index contributed by atoms with van der Waals surface area (Å²) in [4.78, 5) is 8.44. The number of aromatic nitrogens is 2. The van der Waals surface area contributed by atoms with Gasteiger partial charge in [-0.05, 0) is 18.2 Å². The minimum Gasteiger partial charge on any atom is -0.444 e. The fraction of sp³-hybridized carbons (Fsp3) is 0.231. The predicted octanol–water partition coefficient (Wildman–Crippen LogP) is 2.57. The van der Waals surface area contributed by atoms with Gasteiger partial charge in [0.25, 0.3) is 6.01 Å². The van der Waals surface area contributed by atoms with Crippen LogP contribution in [-0.2, 0) is 13.0 Å². The lowest BCUT2D eigenvalue weighted by Gasteiger charge is -1.96. The molecule has 1 aromatic carbocycles. The van der Waals surface area contributed by atoms with Crippen molar-refractivity contribution in [1.29, 1.82) is 0 Å². The standard InChI is InChI=1S/C13H14N4O2/c1-2-9-6-15-12(18-9)7-16-13-17-10-5-8(14)3-4-11(10)19-13/h3-6H,2,7,14H2,1H3,(H,16,17). The second kappa shape index (κ2) is 4.64. The molecular formula is C13H14N4O2. The molecule has 0 spiro atoms. The van der Waals surface area contributed by atoms with Gasteiger partial charge in [-0.1, -0.05) is 6.92 Å². The van der Waals surface area contributed by atoms with Gasteiger partial charge < -0.3 is 19.9 Å². The van der Waals surface area contributed by atoms with Crippen molar-refractivity contribution >= 4 is 22.8 Å². The van der Waals surface area contributed by atoms with Crippen LogP contribution in [-0.4, -0.2) is 9.97 Å². The van der Waals surface area contributed by atoms with E-state index in [0.717, 1.165) is 17.7 Å². The Kier molecular flexibility index (Phi) is 2.83. The Balaban J connectivity index is 1.74. The van der Waals surface area contributed by atoms with Crippen LogP contribution in [0.15, 0.2) is 33.2 Å². The number of benzene rings is 1. The van der Waals surface area contributed by atoms with Crippen LogP contribution in [0.5, 0.6) is 0 Å². The van der Waals surface area contributed by atoms with E-state index in [0.29, 0.717) is 29.7 Å². The van der Waals surface area contributed by atoms with E-state index in [9.17, 15) is 0 Å². The highest BCUT2D eigenvalue weighted by molar-refractivity contribution is 5.78. The van der Waals surface area contributed by atoms with Gasteiger partial charge in [-0.3, -0.25) is 0 Å². The normalized spacial score (nSPS) is 11.0. The van der Waals surface area contributed by atoms with Crippen LogP contribution in [0.3, 0.4) is 0 Å². The number of nitrogens with one attached hydrogen (secondary N) is 1. The number of anilines is 2. The highest BCUT2D eigenvalue weighted by Crippen LogP contribution is 2.21. The molecule has 3 aromatic rings. The first-order valence-corrected chi connectivity index (χ1v) is 6.08. The molecule has 0 saturated carbocycles. The van der Waals surface area contributed by atoms with Gasteiger partial charge in [0.15, 0.2) is 5.58 Å². The van der Waals surface area contributed by atoms with Crippen LogP contribution < -0.4 is 11.1 Å². The molecule has 6 heteroatoms. The van der Waals surface area contributed by atoms with Crippen LogP contribution in [0.1, 0.15) is 18.6 Å². The van der Waals surface area contributed by atoms with E-state index in [-0.39, 0.29) is 0 Å². The quantitative estimate of drug-likeness (QED) is 0.699. The Morgan fingerprint density at radius 3 is 3.00 bits per heavy atom.